The second-order valence-corrected chi connectivity index (χ2v) is 9.63. The zero-order valence-electron chi connectivity index (χ0n) is 14.5. The van der Waals surface area contributed by atoms with Crippen LogP contribution in [0, 0.1) is 0 Å². The molecule has 0 N–H and O–H groups in total. The van der Waals surface area contributed by atoms with E-state index in [1.165, 1.54) is 16.7 Å². The molecule has 0 bridgehead atoms. The van der Waals surface area contributed by atoms with Gasteiger partial charge in [-0.2, -0.15) is 0 Å². The van der Waals surface area contributed by atoms with Gasteiger partial charge in [-0.3, -0.25) is 9.69 Å². The van der Waals surface area contributed by atoms with Gasteiger partial charge in [-0.1, -0.05) is 53.8 Å². The van der Waals surface area contributed by atoms with E-state index in [1.54, 1.807) is 6.08 Å². The van der Waals surface area contributed by atoms with Crippen LogP contribution in [0.1, 0.15) is 11.1 Å². The Hall–Kier alpha value is -1.12. The van der Waals surface area contributed by atoms with E-state index in [0.29, 0.717) is 33.1 Å². The molecule has 0 aliphatic carbocycles. The van der Waals surface area contributed by atoms with Crippen LogP contribution in [0.25, 0.3) is 6.08 Å². The Kier molecular flexibility index (Phi) is 7.39. The van der Waals surface area contributed by atoms with Crippen LogP contribution in [0.2, 0.25) is 5.02 Å². The number of thioether (sulfide) groups is 1. The highest BCUT2D eigenvalue weighted by molar-refractivity contribution is 9.11. The molecule has 28 heavy (non-hydrogen) atoms. The number of ether oxygens (including phenoxy) is 1. The molecule has 2 aromatic carbocycles. The number of halogens is 3. The van der Waals surface area contributed by atoms with Crippen molar-refractivity contribution < 1.29 is 9.53 Å². The van der Waals surface area contributed by atoms with Crippen LogP contribution in [0.15, 0.2) is 62.9 Å². The average molecular weight is 560 g/mol. The second kappa shape index (κ2) is 9.59. The maximum absolute atomic E-state index is 12.5. The summed E-state index contributed by atoms with van der Waals surface area (Å²) in [6, 6.07) is 11.3. The number of hydrogen-bond acceptors (Lipinski definition) is 4. The minimum atomic E-state index is -0.106. The quantitative estimate of drug-likeness (QED) is 0.220. The van der Waals surface area contributed by atoms with Gasteiger partial charge in [0, 0.05) is 11.6 Å². The van der Waals surface area contributed by atoms with Gasteiger partial charge in [-0.05, 0) is 73.3 Å². The molecule has 3 rings (SSSR count). The topological polar surface area (TPSA) is 29.5 Å². The van der Waals surface area contributed by atoms with Crippen molar-refractivity contribution in [3.63, 3.8) is 0 Å². The molecule has 2 aromatic rings. The predicted molar refractivity (Wildman–Crippen MR) is 128 cm³/mol. The van der Waals surface area contributed by atoms with Gasteiger partial charge in [-0.25, -0.2) is 0 Å². The van der Waals surface area contributed by atoms with E-state index < -0.39 is 0 Å². The highest BCUT2D eigenvalue weighted by atomic mass is 79.9. The Balaban J connectivity index is 1.78. The normalized spacial score (nSPS) is 15.4. The molecule has 0 spiro atoms. The number of thiocarbonyl (C=S) groups is 1. The largest absolute Gasteiger partial charge is 0.487 e. The Morgan fingerprint density at radius 3 is 2.46 bits per heavy atom. The summed E-state index contributed by atoms with van der Waals surface area (Å²) in [5.74, 6) is 0.580. The van der Waals surface area contributed by atoms with Gasteiger partial charge in [0.05, 0.1) is 13.9 Å². The molecule has 0 unspecified atom stereocenters. The fourth-order valence-electron chi connectivity index (χ4n) is 2.47. The zero-order valence-corrected chi connectivity index (χ0v) is 20.0. The molecule has 144 valence electrons. The van der Waals surface area contributed by atoms with E-state index in [9.17, 15) is 4.79 Å². The summed E-state index contributed by atoms with van der Waals surface area (Å²) in [6.45, 7) is 4.48. The fourth-order valence-corrected chi connectivity index (χ4v) is 5.33. The first kappa shape index (κ1) is 21.6. The number of hydrogen-bond donors (Lipinski definition) is 0. The van der Waals surface area contributed by atoms with Gasteiger partial charge in [0.2, 0.25) is 0 Å². The van der Waals surface area contributed by atoms with Crippen molar-refractivity contribution in [2.45, 2.75) is 6.61 Å². The van der Waals surface area contributed by atoms with Crippen LogP contribution in [-0.2, 0) is 11.4 Å². The lowest BCUT2D eigenvalue weighted by Crippen LogP contribution is -2.27. The zero-order chi connectivity index (χ0) is 20.3. The van der Waals surface area contributed by atoms with E-state index in [4.69, 9.17) is 28.6 Å². The molecule has 1 fully saturated rings. The first-order valence-electron chi connectivity index (χ1n) is 8.11. The van der Waals surface area contributed by atoms with Crippen molar-refractivity contribution in [2.24, 2.45) is 0 Å². The summed E-state index contributed by atoms with van der Waals surface area (Å²) in [4.78, 5) is 14.6. The third-order valence-electron chi connectivity index (χ3n) is 3.80. The summed E-state index contributed by atoms with van der Waals surface area (Å²) in [5, 5.41) is 0.689. The van der Waals surface area contributed by atoms with E-state index in [1.807, 2.05) is 42.5 Å². The lowest BCUT2D eigenvalue weighted by atomic mass is 10.2. The minimum Gasteiger partial charge on any atom is -0.487 e. The lowest BCUT2D eigenvalue weighted by molar-refractivity contribution is -0.121. The first-order valence-corrected chi connectivity index (χ1v) is 11.3. The molecule has 0 radical (unpaired) electrons. The number of nitrogens with zero attached hydrogens (tertiary/aromatic N) is 1. The molecule has 1 aliphatic rings. The molecule has 1 amide bonds. The maximum atomic E-state index is 12.5. The molecule has 3 nitrogen and oxygen atoms in total. The fraction of sp³-hybridized carbons (Fsp3) is 0.100. The van der Waals surface area contributed by atoms with E-state index in [0.717, 1.165) is 20.1 Å². The third-order valence-corrected chi connectivity index (χ3v) is 6.61. The van der Waals surface area contributed by atoms with Gasteiger partial charge in [-0.15, -0.1) is 6.58 Å². The van der Waals surface area contributed by atoms with Crippen LogP contribution in [-0.4, -0.2) is 21.7 Å². The molecule has 0 aromatic heterocycles. The standard InChI is InChI=1S/C20H14Br2ClNO2S2/c1-2-7-24-19(25)17(28-20(24)27)10-13-8-15(21)18(16(22)9-13)26-11-12-3-5-14(23)6-4-12/h2-6,8-10H,1,7,11H2/b17-10-. The Labute approximate surface area is 195 Å². The SMILES string of the molecule is C=CCN1C(=O)/C(=C/c2cc(Br)c(OCc3ccc(Cl)cc3)c(Br)c2)SC1=S. The van der Waals surface area contributed by atoms with Crippen LogP contribution >= 0.6 is 67.4 Å². The molecule has 1 saturated heterocycles. The van der Waals surface area contributed by atoms with Crippen molar-refractivity contribution in [3.8, 4) is 5.75 Å². The van der Waals surface area contributed by atoms with E-state index >= 15 is 0 Å². The molecule has 0 saturated carbocycles. The summed E-state index contributed by atoms with van der Waals surface area (Å²) < 4.78 is 8.04. The Morgan fingerprint density at radius 2 is 1.86 bits per heavy atom. The van der Waals surface area contributed by atoms with Crippen molar-refractivity contribution in [2.75, 3.05) is 6.54 Å². The smallest absolute Gasteiger partial charge is 0.266 e. The molecular weight excluding hydrogens is 546 g/mol. The summed E-state index contributed by atoms with van der Waals surface area (Å²) in [7, 11) is 0. The van der Waals surface area contributed by atoms with Crippen molar-refractivity contribution in [1.82, 2.24) is 4.90 Å². The summed E-state index contributed by atoms with van der Waals surface area (Å²) in [6.07, 6.45) is 3.48. The second-order valence-electron chi connectivity index (χ2n) is 5.81. The number of carbonyl (C=O) groups is 1. The van der Waals surface area contributed by atoms with Crippen LogP contribution in [0.5, 0.6) is 5.75 Å². The van der Waals surface area contributed by atoms with Gasteiger partial charge >= 0.3 is 0 Å². The molecule has 0 atom stereocenters. The Bertz CT molecular complexity index is 954. The van der Waals surface area contributed by atoms with Gasteiger partial charge in [0.25, 0.3) is 5.91 Å². The summed E-state index contributed by atoms with van der Waals surface area (Å²) in [5.41, 5.74) is 1.87. The summed E-state index contributed by atoms with van der Waals surface area (Å²) >= 11 is 19.6. The molecule has 1 heterocycles. The van der Waals surface area contributed by atoms with Crippen LogP contribution < -0.4 is 4.74 Å². The van der Waals surface area contributed by atoms with E-state index in [2.05, 4.69) is 38.4 Å². The third kappa shape index (κ3) is 5.07. The highest BCUT2D eigenvalue weighted by Gasteiger charge is 2.31. The number of amides is 1. The lowest BCUT2D eigenvalue weighted by Gasteiger charge is -2.12. The van der Waals surface area contributed by atoms with Crippen molar-refractivity contribution in [1.29, 1.82) is 0 Å². The highest BCUT2D eigenvalue weighted by Crippen LogP contribution is 2.38. The average Bonchev–Trinajstić information content (AvgIpc) is 2.90. The van der Waals surface area contributed by atoms with Gasteiger partial charge in [0.1, 0.15) is 16.7 Å². The van der Waals surface area contributed by atoms with Crippen molar-refractivity contribution in [3.05, 3.63) is 79.1 Å². The number of rotatable bonds is 6. The van der Waals surface area contributed by atoms with Crippen molar-refractivity contribution >= 4 is 83.7 Å². The molecule has 1 aliphatic heterocycles. The maximum Gasteiger partial charge on any atom is 0.266 e. The van der Waals surface area contributed by atoms with E-state index in [-0.39, 0.29) is 5.91 Å². The Morgan fingerprint density at radius 1 is 1.21 bits per heavy atom. The van der Waals surface area contributed by atoms with Gasteiger partial charge < -0.3 is 4.74 Å². The van der Waals surface area contributed by atoms with Crippen LogP contribution in [0.4, 0.5) is 0 Å². The first-order chi connectivity index (χ1) is 13.4. The molecular formula is C20H14Br2ClNO2S2. The van der Waals surface area contributed by atoms with Crippen LogP contribution in [0.3, 0.4) is 0 Å². The monoisotopic (exact) mass is 557 g/mol. The molecule has 8 heteroatoms. The van der Waals surface area contributed by atoms with Gasteiger partial charge in [0.15, 0.2) is 0 Å². The number of carbonyl (C=O) groups excluding carboxylic acids is 1. The predicted octanol–water partition coefficient (Wildman–Crippen LogP) is 6.83. The number of benzene rings is 2. The minimum absolute atomic E-state index is 0.106.